The van der Waals surface area contributed by atoms with Gasteiger partial charge in [0.25, 0.3) is 0 Å². The van der Waals surface area contributed by atoms with E-state index in [1.807, 2.05) is 38.1 Å². The van der Waals surface area contributed by atoms with Crippen LogP contribution in [-0.2, 0) is 6.42 Å². The van der Waals surface area contributed by atoms with Crippen LogP contribution in [0.5, 0.6) is 0 Å². The lowest BCUT2D eigenvalue weighted by Crippen LogP contribution is -2.00. The summed E-state index contributed by atoms with van der Waals surface area (Å²) < 4.78 is 0. The number of nitrogens with zero attached hydrogens (tertiary/aromatic N) is 2. The monoisotopic (exact) mass is 328 g/mol. The third kappa shape index (κ3) is 4.27. The SMILES string of the molecule is CC.O=C(O)c1ccnc(Cc2ccc3ncc(Cl)cc3c2)c1. The summed E-state index contributed by atoms with van der Waals surface area (Å²) >= 11 is 5.95. The molecule has 23 heavy (non-hydrogen) atoms. The Morgan fingerprint density at radius 3 is 2.65 bits per heavy atom. The third-order valence-electron chi connectivity index (χ3n) is 3.16. The van der Waals surface area contributed by atoms with Crippen molar-refractivity contribution in [2.24, 2.45) is 0 Å². The van der Waals surface area contributed by atoms with Crippen LogP contribution < -0.4 is 0 Å². The maximum atomic E-state index is 11.0. The largest absolute Gasteiger partial charge is 0.478 e. The maximum Gasteiger partial charge on any atom is 0.335 e. The number of hydrogen-bond acceptors (Lipinski definition) is 3. The minimum absolute atomic E-state index is 0.241. The summed E-state index contributed by atoms with van der Waals surface area (Å²) in [7, 11) is 0. The fraction of sp³-hybridized carbons (Fsp3) is 0.167. The molecule has 0 amide bonds. The van der Waals surface area contributed by atoms with E-state index >= 15 is 0 Å². The molecule has 0 bridgehead atoms. The fourth-order valence-corrected chi connectivity index (χ4v) is 2.35. The smallest absolute Gasteiger partial charge is 0.335 e. The standard InChI is InChI=1S/C16H11ClN2O2.C2H6/c17-13-7-12-5-10(1-2-15(12)19-9-13)6-14-8-11(16(20)21)3-4-18-14;1-2/h1-5,7-9H,6H2,(H,20,21);1-2H3. The molecule has 0 aliphatic rings. The van der Waals surface area contributed by atoms with Gasteiger partial charge in [-0.05, 0) is 35.9 Å². The maximum absolute atomic E-state index is 11.0. The number of pyridine rings is 2. The lowest BCUT2D eigenvalue weighted by Gasteiger charge is -2.04. The van der Waals surface area contributed by atoms with Crippen molar-refractivity contribution < 1.29 is 9.90 Å². The normalized spacial score (nSPS) is 10.0. The van der Waals surface area contributed by atoms with Crippen LogP contribution in [0.4, 0.5) is 0 Å². The first-order chi connectivity index (χ1) is 11.1. The van der Waals surface area contributed by atoms with Crippen molar-refractivity contribution >= 4 is 28.5 Å². The highest BCUT2D eigenvalue weighted by molar-refractivity contribution is 6.31. The van der Waals surface area contributed by atoms with Gasteiger partial charge in [-0.3, -0.25) is 9.97 Å². The lowest BCUT2D eigenvalue weighted by molar-refractivity contribution is 0.0696. The van der Waals surface area contributed by atoms with Gasteiger partial charge in [0.2, 0.25) is 0 Å². The van der Waals surface area contributed by atoms with Crippen LogP contribution in [0.1, 0.15) is 35.5 Å². The zero-order chi connectivity index (χ0) is 16.8. The van der Waals surface area contributed by atoms with E-state index in [4.69, 9.17) is 16.7 Å². The average Bonchev–Trinajstić information content (AvgIpc) is 2.56. The van der Waals surface area contributed by atoms with Crippen LogP contribution in [0.25, 0.3) is 10.9 Å². The zero-order valence-electron chi connectivity index (χ0n) is 13.0. The quantitative estimate of drug-likeness (QED) is 0.763. The number of fused-ring (bicyclic) bond motifs is 1. The molecule has 0 fully saturated rings. The van der Waals surface area contributed by atoms with Crippen LogP contribution >= 0.6 is 11.6 Å². The van der Waals surface area contributed by atoms with E-state index in [0.717, 1.165) is 16.5 Å². The molecule has 1 aromatic carbocycles. The molecule has 0 saturated heterocycles. The van der Waals surface area contributed by atoms with Gasteiger partial charge in [0.05, 0.1) is 16.1 Å². The number of hydrogen-bond donors (Lipinski definition) is 1. The van der Waals surface area contributed by atoms with E-state index in [1.165, 1.54) is 12.3 Å². The summed E-state index contributed by atoms with van der Waals surface area (Å²) in [6, 6.07) is 10.8. The van der Waals surface area contributed by atoms with E-state index in [2.05, 4.69) is 9.97 Å². The third-order valence-corrected chi connectivity index (χ3v) is 3.37. The predicted octanol–water partition coefficient (Wildman–Crippen LogP) is 4.60. The Kier molecular flexibility index (Phi) is 5.66. The van der Waals surface area contributed by atoms with Gasteiger partial charge in [-0.25, -0.2) is 4.79 Å². The van der Waals surface area contributed by atoms with Crippen molar-refractivity contribution in [3.05, 3.63) is 70.6 Å². The Labute approximate surface area is 139 Å². The average molecular weight is 329 g/mol. The number of benzene rings is 1. The number of aromatic carboxylic acids is 1. The van der Waals surface area contributed by atoms with Gasteiger partial charge in [0, 0.05) is 29.9 Å². The Hall–Kier alpha value is -2.46. The minimum atomic E-state index is -0.951. The highest BCUT2D eigenvalue weighted by Crippen LogP contribution is 2.19. The Balaban J connectivity index is 0.000000924. The summed E-state index contributed by atoms with van der Waals surface area (Å²) in [4.78, 5) is 19.4. The summed E-state index contributed by atoms with van der Waals surface area (Å²) in [6.07, 6.45) is 3.68. The van der Waals surface area contributed by atoms with Gasteiger partial charge >= 0.3 is 5.97 Å². The van der Waals surface area contributed by atoms with Crippen LogP contribution in [0.15, 0.2) is 48.8 Å². The molecule has 2 aromatic heterocycles. The minimum Gasteiger partial charge on any atom is -0.478 e. The molecule has 0 radical (unpaired) electrons. The zero-order valence-corrected chi connectivity index (χ0v) is 13.7. The van der Waals surface area contributed by atoms with Crippen molar-refractivity contribution in [3.8, 4) is 0 Å². The van der Waals surface area contributed by atoms with Crippen LogP contribution in [-0.4, -0.2) is 21.0 Å². The van der Waals surface area contributed by atoms with E-state index < -0.39 is 5.97 Å². The number of halogens is 1. The molecule has 0 aliphatic heterocycles. The molecule has 3 rings (SSSR count). The fourth-order valence-electron chi connectivity index (χ4n) is 2.18. The van der Waals surface area contributed by atoms with Crippen molar-refractivity contribution in [1.82, 2.24) is 9.97 Å². The Bertz CT molecular complexity index is 834. The molecule has 0 spiro atoms. The summed E-state index contributed by atoms with van der Waals surface area (Å²) in [5.41, 5.74) is 2.85. The number of rotatable bonds is 3. The highest BCUT2D eigenvalue weighted by atomic mass is 35.5. The molecule has 2 heterocycles. The summed E-state index contributed by atoms with van der Waals surface area (Å²) in [5.74, 6) is -0.951. The molecular formula is C18H17ClN2O2. The van der Waals surface area contributed by atoms with Gasteiger partial charge in [-0.15, -0.1) is 0 Å². The van der Waals surface area contributed by atoms with Crippen LogP contribution in [0.3, 0.4) is 0 Å². The van der Waals surface area contributed by atoms with Crippen molar-refractivity contribution in [3.63, 3.8) is 0 Å². The molecule has 5 heteroatoms. The van der Waals surface area contributed by atoms with E-state index in [-0.39, 0.29) is 5.56 Å². The first-order valence-electron chi connectivity index (χ1n) is 7.34. The molecule has 0 aliphatic carbocycles. The first-order valence-corrected chi connectivity index (χ1v) is 7.72. The topological polar surface area (TPSA) is 63.1 Å². The van der Waals surface area contributed by atoms with E-state index in [1.54, 1.807) is 12.3 Å². The molecule has 4 nitrogen and oxygen atoms in total. The van der Waals surface area contributed by atoms with Crippen molar-refractivity contribution in [1.29, 1.82) is 0 Å². The van der Waals surface area contributed by atoms with E-state index in [0.29, 0.717) is 17.1 Å². The van der Waals surface area contributed by atoms with Crippen molar-refractivity contribution in [2.75, 3.05) is 0 Å². The van der Waals surface area contributed by atoms with Gasteiger partial charge in [-0.2, -0.15) is 0 Å². The highest BCUT2D eigenvalue weighted by Gasteiger charge is 2.06. The Morgan fingerprint density at radius 2 is 1.91 bits per heavy atom. The van der Waals surface area contributed by atoms with Gasteiger partial charge in [-0.1, -0.05) is 31.5 Å². The number of aromatic nitrogens is 2. The number of carbonyl (C=O) groups is 1. The molecule has 0 atom stereocenters. The molecule has 3 aromatic rings. The summed E-state index contributed by atoms with van der Waals surface area (Å²) in [6.45, 7) is 4.00. The molecule has 0 saturated carbocycles. The molecular weight excluding hydrogens is 312 g/mol. The second kappa shape index (κ2) is 7.70. The summed E-state index contributed by atoms with van der Waals surface area (Å²) in [5, 5.41) is 10.5. The Morgan fingerprint density at radius 1 is 1.13 bits per heavy atom. The van der Waals surface area contributed by atoms with E-state index in [9.17, 15) is 4.79 Å². The number of carboxylic acids is 1. The molecule has 0 unspecified atom stereocenters. The number of carboxylic acid groups (broad SMARTS) is 1. The predicted molar refractivity (Wildman–Crippen MR) is 92.1 cm³/mol. The van der Waals surface area contributed by atoms with Crippen LogP contribution in [0, 0.1) is 0 Å². The lowest BCUT2D eigenvalue weighted by atomic mass is 10.1. The molecule has 1 N–H and O–H groups in total. The van der Waals surface area contributed by atoms with Crippen LogP contribution in [0.2, 0.25) is 5.02 Å². The molecule has 118 valence electrons. The second-order valence-corrected chi connectivity index (χ2v) is 5.13. The first kappa shape index (κ1) is 16.9. The second-order valence-electron chi connectivity index (χ2n) is 4.70. The van der Waals surface area contributed by atoms with Gasteiger partial charge < -0.3 is 5.11 Å². The van der Waals surface area contributed by atoms with Crippen molar-refractivity contribution in [2.45, 2.75) is 20.3 Å². The van der Waals surface area contributed by atoms with Gasteiger partial charge in [0.1, 0.15) is 0 Å². The van der Waals surface area contributed by atoms with Gasteiger partial charge in [0.15, 0.2) is 0 Å².